The highest BCUT2D eigenvalue weighted by Gasteiger charge is 2.23. The second-order valence-electron chi connectivity index (χ2n) is 8.55. The zero-order valence-electron chi connectivity index (χ0n) is 20.7. The lowest BCUT2D eigenvalue weighted by atomic mass is 9.96. The number of nitrogens with one attached hydrogen (secondary N) is 1. The van der Waals surface area contributed by atoms with Gasteiger partial charge < -0.3 is 4.74 Å². The zero-order valence-corrected chi connectivity index (χ0v) is 21.5. The third kappa shape index (κ3) is 5.18. The summed E-state index contributed by atoms with van der Waals surface area (Å²) in [7, 11) is -4.12. The molecule has 2 aromatic carbocycles. The molecule has 1 heterocycles. The average molecular weight is 504 g/mol. The molecule has 0 bridgehead atoms. The Labute approximate surface area is 211 Å². The van der Waals surface area contributed by atoms with Crippen molar-refractivity contribution in [1.29, 1.82) is 0 Å². The second kappa shape index (κ2) is 10.4. The maximum absolute atomic E-state index is 12.9. The Kier molecular flexibility index (Phi) is 7.26. The number of aromatic nitrogens is 2. The molecule has 0 radical (unpaired) electrons. The van der Waals surface area contributed by atoms with Crippen molar-refractivity contribution < 1.29 is 17.9 Å². The molecule has 0 aliphatic heterocycles. The lowest BCUT2D eigenvalue weighted by Gasteiger charge is -2.14. The van der Waals surface area contributed by atoms with Gasteiger partial charge >= 0.3 is 6.09 Å². The van der Waals surface area contributed by atoms with E-state index in [9.17, 15) is 13.2 Å². The Balaban J connectivity index is 1.70. The van der Waals surface area contributed by atoms with Crippen LogP contribution < -0.4 is 4.72 Å². The van der Waals surface area contributed by atoms with Crippen molar-refractivity contribution in [2.75, 3.05) is 6.61 Å². The summed E-state index contributed by atoms with van der Waals surface area (Å²) in [5.41, 5.74) is 6.11. The monoisotopic (exact) mass is 503 g/mol. The minimum atomic E-state index is -4.12. The first-order valence-electron chi connectivity index (χ1n) is 11.7. The van der Waals surface area contributed by atoms with Crippen molar-refractivity contribution in [2.45, 2.75) is 38.5 Å². The number of carbonyl (C=O) groups is 1. The van der Waals surface area contributed by atoms with E-state index in [0.29, 0.717) is 11.1 Å². The Hall–Kier alpha value is -3.91. The van der Waals surface area contributed by atoms with Gasteiger partial charge in [-0.1, -0.05) is 66.3 Å². The van der Waals surface area contributed by atoms with Crippen LogP contribution in [0, 0.1) is 20.8 Å². The van der Waals surface area contributed by atoms with E-state index in [1.165, 1.54) is 6.07 Å². The second-order valence-corrected chi connectivity index (χ2v) is 10.2. The topological polar surface area (TPSA) is 90.3 Å². The Morgan fingerprint density at radius 1 is 1.00 bits per heavy atom. The number of sulfonamides is 1. The molecular weight excluding hydrogens is 474 g/mol. The van der Waals surface area contributed by atoms with Crippen molar-refractivity contribution >= 4 is 16.1 Å². The molecule has 0 spiro atoms. The maximum Gasteiger partial charge on any atom is 0.421 e. The highest BCUT2D eigenvalue weighted by atomic mass is 32.2. The van der Waals surface area contributed by atoms with Crippen LogP contribution in [0.1, 0.15) is 35.4 Å². The van der Waals surface area contributed by atoms with E-state index >= 15 is 0 Å². The molecule has 1 aliphatic rings. The lowest BCUT2D eigenvalue weighted by molar-refractivity contribution is 0.158. The van der Waals surface area contributed by atoms with Gasteiger partial charge in [-0.3, -0.25) is 0 Å². The summed E-state index contributed by atoms with van der Waals surface area (Å²) < 4.78 is 34.5. The van der Waals surface area contributed by atoms with E-state index in [1.807, 2.05) is 71.8 Å². The molecule has 0 fully saturated rings. The molecule has 8 heteroatoms. The molecule has 4 rings (SSSR count). The number of carbonyl (C=O) groups excluding carboxylic acids is 1. The number of ether oxygens (including phenoxy) is 1. The number of hydrogen-bond donors (Lipinski definition) is 1. The molecule has 1 aromatic heterocycles. The zero-order chi connectivity index (χ0) is 25.9. The van der Waals surface area contributed by atoms with Gasteiger partial charge in [-0.05, 0) is 51.5 Å². The molecule has 3 aromatic rings. The normalized spacial score (nSPS) is 13.6. The fourth-order valence-corrected chi connectivity index (χ4v) is 5.45. The van der Waals surface area contributed by atoms with Gasteiger partial charge in [0.2, 0.25) is 0 Å². The summed E-state index contributed by atoms with van der Waals surface area (Å²) >= 11 is 0. The van der Waals surface area contributed by atoms with Crippen molar-refractivity contribution in [3.63, 3.8) is 0 Å². The van der Waals surface area contributed by atoms with E-state index in [1.54, 1.807) is 19.1 Å². The summed E-state index contributed by atoms with van der Waals surface area (Å²) in [6.45, 7) is 7.62. The minimum Gasteiger partial charge on any atom is -0.449 e. The van der Waals surface area contributed by atoms with Crippen LogP contribution in [0.15, 0.2) is 83.8 Å². The summed E-state index contributed by atoms with van der Waals surface area (Å²) in [6.07, 6.45) is 11.4. The number of rotatable bonds is 6. The number of allylic oxidation sites excluding steroid dienone is 6. The van der Waals surface area contributed by atoms with E-state index in [2.05, 4.69) is 19.1 Å². The van der Waals surface area contributed by atoms with Gasteiger partial charge in [0.1, 0.15) is 0 Å². The predicted octanol–water partition coefficient (Wildman–Crippen LogP) is 5.67. The van der Waals surface area contributed by atoms with Gasteiger partial charge in [0, 0.05) is 22.7 Å². The largest absolute Gasteiger partial charge is 0.449 e. The van der Waals surface area contributed by atoms with Crippen LogP contribution in [0.4, 0.5) is 4.79 Å². The summed E-state index contributed by atoms with van der Waals surface area (Å²) in [5.74, 6) is 0.139. The molecule has 7 nitrogen and oxygen atoms in total. The fraction of sp³-hybridized carbons (Fsp3) is 0.214. The van der Waals surface area contributed by atoms with Gasteiger partial charge in [0.25, 0.3) is 10.0 Å². The van der Waals surface area contributed by atoms with Crippen molar-refractivity contribution in [1.82, 2.24) is 14.5 Å². The standard InChI is InChI=1S/C28H29N3O4S/c1-5-35-28(32)30-36(33,34)26-17-12-19(2)18-25(26)22-13-15-24(16-14-22)31-21(4)27(20(3)29-31)23-10-8-6-7-9-11-23/h6-18,23H,5H2,1-4H3,(H,30,32). The maximum atomic E-state index is 12.9. The van der Waals surface area contributed by atoms with Crippen LogP contribution in [0.5, 0.6) is 0 Å². The third-order valence-corrected chi connectivity index (χ3v) is 7.36. The van der Waals surface area contributed by atoms with Crippen molar-refractivity contribution in [3.8, 4) is 16.8 Å². The Morgan fingerprint density at radius 2 is 1.67 bits per heavy atom. The van der Waals surface area contributed by atoms with Gasteiger partial charge in [0.15, 0.2) is 0 Å². The molecule has 186 valence electrons. The molecule has 0 unspecified atom stereocenters. The number of nitrogens with zero attached hydrogens (tertiary/aromatic N) is 2. The van der Waals surface area contributed by atoms with Gasteiger partial charge in [0.05, 0.1) is 22.9 Å². The Bertz CT molecular complexity index is 1460. The smallest absolute Gasteiger partial charge is 0.421 e. The van der Waals surface area contributed by atoms with Crippen molar-refractivity contribution in [2.24, 2.45) is 0 Å². The van der Waals surface area contributed by atoms with Crippen molar-refractivity contribution in [3.05, 3.63) is 101 Å². The van der Waals surface area contributed by atoms with Crippen LogP contribution in [0.3, 0.4) is 0 Å². The summed E-state index contributed by atoms with van der Waals surface area (Å²) in [5, 5.41) is 4.78. The quantitative estimate of drug-likeness (QED) is 0.468. The van der Waals surface area contributed by atoms with E-state index in [4.69, 9.17) is 9.84 Å². The van der Waals surface area contributed by atoms with Crippen LogP contribution in [0.25, 0.3) is 16.8 Å². The number of hydrogen-bond acceptors (Lipinski definition) is 5. The molecule has 0 saturated carbocycles. The molecule has 1 aliphatic carbocycles. The SMILES string of the molecule is CCOC(=O)NS(=O)(=O)c1ccc(C)cc1-c1ccc(-n2nc(C)c(C3C=CC=CC=C3)c2C)cc1. The first-order valence-corrected chi connectivity index (χ1v) is 13.2. The highest BCUT2D eigenvalue weighted by Crippen LogP contribution is 2.32. The van der Waals surface area contributed by atoms with E-state index in [-0.39, 0.29) is 17.4 Å². The molecule has 0 atom stereocenters. The third-order valence-electron chi connectivity index (χ3n) is 5.99. The van der Waals surface area contributed by atoms with Crippen LogP contribution >= 0.6 is 0 Å². The fourth-order valence-electron chi connectivity index (χ4n) is 4.35. The highest BCUT2D eigenvalue weighted by molar-refractivity contribution is 7.90. The predicted molar refractivity (Wildman–Crippen MR) is 141 cm³/mol. The first-order chi connectivity index (χ1) is 17.2. The molecule has 36 heavy (non-hydrogen) atoms. The molecule has 1 N–H and O–H groups in total. The first kappa shape index (κ1) is 25.2. The molecule has 0 saturated heterocycles. The summed E-state index contributed by atoms with van der Waals surface area (Å²) in [6, 6.07) is 12.5. The number of aryl methyl sites for hydroxylation is 2. The van der Waals surface area contributed by atoms with Gasteiger partial charge in [-0.2, -0.15) is 5.10 Å². The number of amides is 1. The number of benzene rings is 2. The van der Waals surface area contributed by atoms with Gasteiger partial charge in [-0.15, -0.1) is 0 Å². The van der Waals surface area contributed by atoms with E-state index < -0.39 is 16.1 Å². The molecule has 1 amide bonds. The van der Waals surface area contributed by atoms with Crippen LogP contribution in [-0.2, 0) is 14.8 Å². The van der Waals surface area contributed by atoms with E-state index in [0.717, 1.165) is 28.2 Å². The minimum absolute atomic E-state index is 0.00264. The summed E-state index contributed by atoms with van der Waals surface area (Å²) in [4.78, 5) is 11.8. The van der Waals surface area contributed by atoms with Gasteiger partial charge in [-0.25, -0.2) is 22.6 Å². The lowest BCUT2D eigenvalue weighted by Crippen LogP contribution is -2.31. The molecular formula is C28H29N3O4S. The average Bonchev–Trinajstić information content (AvgIpc) is 2.99. The van der Waals surface area contributed by atoms with Crippen LogP contribution in [-0.4, -0.2) is 30.9 Å². The Morgan fingerprint density at radius 3 is 2.31 bits per heavy atom. The van der Waals surface area contributed by atoms with Crippen LogP contribution in [0.2, 0.25) is 0 Å².